The average molecular weight is 261 g/mol. The van der Waals surface area contributed by atoms with Crippen molar-refractivity contribution in [2.45, 2.75) is 18.6 Å². The fourth-order valence-electron chi connectivity index (χ4n) is 2.90. The summed E-state index contributed by atoms with van der Waals surface area (Å²) in [5.74, 6) is 0.0746. The number of pyridine rings is 1. The van der Waals surface area contributed by atoms with Gasteiger partial charge in [-0.3, -0.25) is 14.7 Å². The largest absolute Gasteiger partial charge is 0.375 e. The van der Waals surface area contributed by atoms with Crippen LogP contribution in [0.15, 0.2) is 24.5 Å². The predicted octanol–water partition coefficient (Wildman–Crippen LogP) is 0.627. The zero-order valence-corrected chi connectivity index (χ0v) is 11.2. The Morgan fingerprint density at radius 2 is 2.37 bits per heavy atom. The maximum Gasteiger partial charge on any atom is 0.255 e. The Hall–Kier alpha value is -1.46. The summed E-state index contributed by atoms with van der Waals surface area (Å²) < 4.78 is 5.79. The van der Waals surface area contributed by atoms with Gasteiger partial charge in [0.1, 0.15) is 0 Å². The zero-order valence-electron chi connectivity index (χ0n) is 11.2. The molecule has 1 aromatic heterocycles. The Bertz CT molecular complexity index is 451. The van der Waals surface area contributed by atoms with Crippen LogP contribution in [-0.2, 0) is 4.74 Å². The molecule has 0 aromatic carbocycles. The Balaban J connectivity index is 1.71. The van der Waals surface area contributed by atoms with Crippen molar-refractivity contribution in [3.63, 3.8) is 0 Å². The molecule has 5 nitrogen and oxygen atoms in total. The number of fused-ring (bicyclic) bond motifs is 1. The number of piperidine rings is 1. The van der Waals surface area contributed by atoms with E-state index in [1.54, 1.807) is 18.5 Å². The first-order valence-electron chi connectivity index (χ1n) is 6.77. The molecule has 0 radical (unpaired) electrons. The third-order valence-corrected chi connectivity index (χ3v) is 4.06. The molecule has 1 aromatic rings. The molecule has 0 bridgehead atoms. The molecule has 0 spiro atoms. The smallest absolute Gasteiger partial charge is 0.255 e. The second kappa shape index (κ2) is 5.27. The zero-order chi connectivity index (χ0) is 13.2. The second-order valence-electron chi connectivity index (χ2n) is 5.24. The Morgan fingerprint density at radius 3 is 3.16 bits per heavy atom. The molecular weight excluding hydrogens is 242 g/mol. The van der Waals surface area contributed by atoms with Gasteiger partial charge in [0.25, 0.3) is 5.91 Å². The van der Waals surface area contributed by atoms with Crippen LogP contribution in [0, 0.1) is 0 Å². The van der Waals surface area contributed by atoms with E-state index in [9.17, 15) is 4.79 Å². The molecule has 0 unspecified atom stereocenters. The number of aromatic nitrogens is 1. The van der Waals surface area contributed by atoms with Crippen molar-refractivity contribution in [1.29, 1.82) is 0 Å². The number of amides is 1. The summed E-state index contributed by atoms with van der Waals surface area (Å²) in [4.78, 5) is 20.6. The Kier molecular flexibility index (Phi) is 3.48. The predicted molar refractivity (Wildman–Crippen MR) is 70.9 cm³/mol. The second-order valence-corrected chi connectivity index (χ2v) is 5.24. The number of likely N-dealkylation sites (tertiary alicyclic amines) is 1. The summed E-state index contributed by atoms with van der Waals surface area (Å²) >= 11 is 0. The van der Waals surface area contributed by atoms with Crippen LogP contribution in [0.5, 0.6) is 0 Å². The van der Waals surface area contributed by atoms with E-state index in [0.29, 0.717) is 11.6 Å². The van der Waals surface area contributed by atoms with E-state index in [4.69, 9.17) is 4.74 Å². The topological polar surface area (TPSA) is 45.7 Å². The van der Waals surface area contributed by atoms with Crippen LogP contribution in [0.25, 0.3) is 0 Å². The summed E-state index contributed by atoms with van der Waals surface area (Å²) in [6.07, 6.45) is 4.51. The maximum atomic E-state index is 12.4. The number of rotatable bonds is 1. The lowest BCUT2D eigenvalue weighted by Crippen LogP contribution is -2.59. The van der Waals surface area contributed by atoms with Gasteiger partial charge in [-0.2, -0.15) is 0 Å². The lowest BCUT2D eigenvalue weighted by Gasteiger charge is -2.45. The van der Waals surface area contributed by atoms with Crippen molar-refractivity contribution in [2.24, 2.45) is 0 Å². The number of hydrogen-bond donors (Lipinski definition) is 0. The van der Waals surface area contributed by atoms with Gasteiger partial charge in [0.05, 0.1) is 24.3 Å². The van der Waals surface area contributed by atoms with Crippen LogP contribution in [0.3, 0.4) is 0 Å². The van der Waals surface area contributed by atoms with Crippen molar-refractivity contribution in [3.05, 3.63) is 30.1 Å². The van der Waals surface area contributed by atoms with Gasteiger partial charge in [-0.15, -0.1) is 0 Å². The highest BCUT2D eigenvalue weighted by molar-refractivity contribution is 5.94. The molecule has 19 heavy (non-hydrogen) atoms. The first-order chi connectivity index (χ1) is 9.25. The molecule has 2 fully saturated rings. The highest BCUT2D eigenvalue weighted by atomic mass is 16.5. The Labute approximate surface area is 113 Å². The van der Waals surface area contributed by atoms with Gasteiger partial charge in [-0.1, -0.05) is 0 Å². The van der Waals surface area contributed by atoms with Gasteiger partial charge in [-0.25, -0.2) is 0 Å². The van der Waals surface area contributed by atoms with Crippen LogP contribution in [0.1, 0.15) is 16.8 Å². The molecule has 2 aliphatic heterocycles. The van der Waals surface area contributed by atoms with Gasteiger partial charge < -0.3 is 9.64 Å². The quantitative estimate of drug-likeness (QED) is 0.744. The van der Waals surface area contributed by atoms with E-state index in [-0.39, 0.29) is 12.0 Å². The van der Waals surface area contributed by atoms with Crippen LogP contribution in [0.2, 0.25) is 0 Å². The third-order valence-electron chi connectivity index (χ3n) is 4.06. The molecule has 0 N–H and O–H groups in total. The minimum atomic E-state index is 0.0746. The number of carbonyl (C=O) groups excluding carboxylic acids is 1. The lowest BCUT2D eigenvalue weighted by molar-refractivity contribution is -0.0893. The van der Waals surface area contributed by atoms with E-state index in [1.165, 1.54) is 0 Å². The van der Waals surface area contributed by atoms with Crippen molar-refractivity contribution >= 4 is 5.91 Å². The molecule has 2 atom stereocenters. The highest BCUT2D eigenvalue weighted by Crippen LogP contribution is 2.22. The molecule has 3 rings (SSSR count). The van der Waals surface area contributed by atoms with Crippen LogP contribution < -0.4 is 0 Å². The third kappa shape index (κ3) is 2.48. The number of hydrogen-bond acceptors (Lipinski definition) is 4. The molecule has 0 aliphatic carbocycles. The monoisotopic (exact) mass is 261 g/mol. The average Bonchev–Trinajstić information content (AvgIpc) is 2.47. The van der Waals surface area contributed by atoms with E-state index in [2.05, 4.69) is 16.9 Å². The molecule has 2 aliphatic rings. The van der Waals surface area contributed by atoms with E-state index in [0.717, 1.165) is 32.7 Å². The van der Waals surface area contributed by atoms with Gasteiger partial charge in [0, 0.05) is 32.0 Å². The fourth-order valence-corrected chi connectivity index (χ4v) is 2.90. The molecule has 1 amide bonds. The number of likely N-dealkylation sites (N-methyl/N-ethyl adjacent to an activating group) is 1. The van der Waals surface area contributed by atoms with Crippen LogP contribution >= 0.6 is 0 Å². The van der Waals surface area contributed by atoms with Gasteiger partial charge in [0.2, 0.25) is 0 Å². The molecule has 5 heteroatoms. The molecule has 3 heterocycles. The van der Waals surface area contributed by atoms with Gasteiger partial charge >= 0.3 is 0 Å². The van der Waals surface area contributed by atoms with E-state index in [1.807, 2.05) is 11.0 Å². The molecule has 102 valence electrons. The SMILES string of the molecule is CN1CCO[C@H]2CCN(C(=O)c3cccnc3)C[C@@H]21. The van der Waals surface area contributed by atoms with E-state index >= 15 is 0 Å². The van der Waals surface area contributed by atoms with Crippen molar-refractivity contribution in [1.82, 2.24) is 14.8 Å². The van der Waals surface area contributed by atoms with Crippen molar-refractivity contribution in [2.75, 3.05) is 33.3 Å². The fraction of sp³-hybridized carbons (Fsp3) is 0.571. The number of ether oxygens (including phenoxy) is 1. The number of carbonyl (C=O) groups is 1. The summed E-state index contributed by atoms with van der Waals surface area (Å²) in [7, 11) is 2.11. The lowest BCUT2D eigenvalue weighted by atomic mass is 9.98. The minimum Gasteiger partial charge on any atom is -0.375 e. The minimum absolute atomic E-state index is 0.0746. The van der Waals surface area contributed by atoms with Gasteiger partial charge in [0.15, 0.2) is 0 Å². The van der Waals surface area contributed by atoms with Crippen molar-refractivity contribution in [3.8, 4) is 0 Å². The summed E-state index contributed by atoms with van der Waals surface area (Å²) in [5, 5.41) is 0. The number of nitrogens with zero attached hydrogens (tertiary/aromatic N) is 3. The van der Waals surface area contributed by atoms with Crippen LogP contribution in [-0.4, -0.2) is 66.1 Å². The first-order valence-corrected chi connectivity index (χ1v) is 6.77. The Morgan fingerprint density at radius 1 is 1.47 bits per heavy atom. The first kappa shape index (κ1) is 12.6. The number of morpholine rings is 1. The molecule has 2 saturated heterocycles. The highest BCUT2D eigenvalue weighted by Gasteiger charge is 2.36. The normalized spacial score (nSPS) is 27.9. The summed E-state index contributed by atoms with van der Waals surface area (Å²) in [6, 6.07) is 3.95. The standard InChI is InChI=1S/C14H19N3O2/c1-16-7-8-19-13-4-6-17(10-12(13)16)14(18)11-3-2-5-15-9-11/h2-3,5,9,12-13H,4,6-8,10H2,1H3/t12-,13-/m0/s1. The summed E-state index contributed by atoms with van der Waals surface area (Å²) in [6.45, 7) is 3.25. The maximum absolute atomic E-state index is 12.4. The van der Waals surface area contributed by atoms with Gasteiger partial charge in [-0.05, 0) is 25.6 Å². The molecule has 0 saturated carbocycles. The van der Waals surface area contributed by atoms with E-state index < -0.39 is 0 Å². The van der Waals surface area contributed by atoms with Crippen LogP contribution in [0.4, 0.5) is 0 Å². The van der Waals surface area contributed by atoms with Crippen molar-refractivity contribution < 1.29 is 9.53 Å². The molecular formula is C14H19N3O2. The summed E-state index contributed by atoms with van der Waals surface area (Å²) in [5.41, 5.74) is 0.667.